The average molecular weight is 269 g/mol. The molecule has 2 rings (SSSR count). The Balaban J connectivity index is 2.35. The van der Waals surface area contributed by atoms with Crippen molar-refractivity contribution in [2.45, 2.75) is 31.6 Å². The van der Waals surface area contributed by atoms with Crippen molar-refractivity contribution in [3.05, 3.63) is 29.3 Å². The molecule has 2 heteroatoms. The first-order valence-electron chi connectivity index (χ1n) is 5.58. The summed E-state index contributed by atoms with van der Waals surface area (Å²) in [6.07, 6.45) is 5.04. The summed E-state index contributed by atoms with van der Waals surface area (Å²) in [5.41, 5.74) is 2.96. The molecular formula is C13H17BrO. The van der Waals surface area contributed by atoms with Crippen LogP contribution in [0.15, 0.2) is 18.2 Å². The van der Waals surface area contributed by atoms with Gasteiger partial charge < -0.3 is 4.74 Å². The molecular weight excluding hydrogens is 252 g/mol. The third-order valence-corrected chi connectivity index (χ3v) is 3.72. The Morgan fingerprint density at radius 2 is 2.33 bits per heavy atom. The van der Waals surface area contributed by atoms with Gasteiger partial charge in [-0.05, 0) is 48.8 Å². The van der Waals surface area contributed by atoms with Gasteiger partial charge in [0.25, 0.3) is 0 Å². The minimum atomic E-state index is 0.725. The number of halogens is 1. The van der Waals surface area contributed by atoms with Crippen molar-refractivity contribution < 1.29 is 4.74 Å². The Kier molecular flexibility index (Phi) is 3.68. The second-order valence-electron chi connectivity index (χ2n) is 4.09. The molecule has 0 aromatic heterocycles. The zero-order valence-electron chi connectivity index (χ0n) is 9.13. The maximum absolute atomic E-state index is 5.43. The van der Waals surface area contributed by atoms with Gasteiger partial charge in [0.1, 0.15) is 5.75 Å². The van der Waals surface area contributed by atoms with E-state index in [-0.39, 0.29) is 0 Å². The van der Waals surface area contributed by atoms with E-state index in [0.29, 0.717) is 0 Å². The number of hydrogen-bond acceptors (Lipinski definition) is 1. The van der Waals surface area contributed by atoms with Gasteiger partial charge in [0.05, 0.1) is 7.11 Å². The molecule has 1 aliphatic rings. The van der Waals surface area contributed by atoms with E-state index < -0.39 is 0 Å². The maximum Gasteiger partial charge on any atom is 0.122 e. The van der Waals surface area contributed by atoms with E-state index in [2.05, 4.69) is 34.1 Å². The Hall–Kier alpha value is -0.500. The highest BCUT2D eigenvalue weighted by Gasteiger charge is 2.21. The summed E-state index contributed by atoms with van der Waals surface area (Å²) in [4.78, 5) is 0. The average Bonchev–Trinajstić information content (AvgIpc) is 2.29. The Morgan fingerprint density at radius 1 is 1.47 bits per heavy atom. The van der Waals surface area contributed by atoms with Crippen molar-refractivity contribution in [2.24, 2.45) is 0 Å². The van der Waals surface area contributed by atoms with E-state index in [1.165, 1.54) is 36.8 Å². The first-order chi connectivity index (χ1) is 7.36. The number of hydrogen-bond donors (Lipinski definition) is 0. The van der Waals surface area contributed by atoms with E-state index in [4.69, 9.17) is 4.74 Å². The van der Waals surface area contributed by atoms with Crippen LogP contribution in [-0.4, -0.2) is 12.4 Å². The van der Waals surface area contributed by atoms with Gasteiger partial charge in [-0.3, -0.25) is 0 Å². The van der Waals surface area contributed by atoms with Gasteiger partial charge in [0.2, 0.25) is 0 Å². The topological polar surface area (TPSA) is 9.23 Å². The molecule has 0 spiro atoms. The predicted molar refractivity (Wildman–Crippen MR) is 67.1 cm³/mol. The van der Waals surface area contributed by atoms with E-state index in [9.17, 15) is 0 Å². The summed E-state index contributed by atoms with van der Waals surface area (Å²) in [6.45, 7) is 0. The minimum absolute atomic E-state index is 0.725. The fourth-order valence-electron chi connectivity index (χ4n) is 2.54. The molecule has 0 saturated heterocycles. The SMILES string of the molecule is COc1cccc2c1CCCC2CCBr. The molecule has 0 radical (unpaired) electrons. The highest BCUT2D eigenvalue weighted by molar-refractivity contribution is 9.09. The second-order valence-corrected chi connectivity index (χ2v) is 4.89. The lowest BCUT2D eigenvalue weighted by Gasteiger charge is -2.26. The van der Waals surface area contributed by atoms with Crippen LogP contribution in [0.3, 0.4) is 0 Å². The van der Waals surface area contributed by atoms with Crippen molar-refractivity contribution >= 4 is 15.9 Å². The van der Waals surface area contributed by atoms with E-state index >= 15 is 0 Å². The summed E-state index contributed by atoms with van der Waals surface area (Å²) in [5, 5.41) is 1.09. The standard InChI is InChI=1S/C13H17BrO/c1-15-13-7-3-5-11-10(8-9-14)4-2-6-12(11)13/h3,5,7,10H,2,4,6,8-9H2,1H3. The van der Waals surface area contributed by atoms with Crippen LogP contribution in [0.1, 0.15) is 36.3 Å². The van der Waals surface area contributed by atoms with Gasteiger partial charge in [-0.2, -0.15) is 0 Å². The highest BCUT2D eigenvalue weighted by Crippen LogP contribution is 2.38. The molecule has 0 bridgehead atoms. The van der Waals surface area contributed by atoms with E-state index in [1.807, 2.05) is 0 Å². The van der Waals surface area contributed by atoms with Crippen LogP contribution in [0.2, 0.25) is 0 Å². The van der Waals surface area contributed by atoms with Crippen LogP contribution in [-0.2, 0) is 6.42 Å². The van der Waals surface area contributed by atoms with Crippen LogP contribution in [0, 0.1) is 0 Å². The van der Waals surface area contributed by atoms with Gasteiger partial charge in [0.15, 0.2) is 0 Å². The molecule has 0 amide bonds. The smallest absolute Gasteiger partial charge is 0.122 e. The molecule has 0 fully saturated rings. The quantitative estimate of drug-likeness (QED) is 0.756. The van der Waals surface area contributed by atoms with Crippen molar-refractivity contribution in [3.63, 3.8) is 0 Å². The van der Waals surface area contributed by atoms with Crippen LogP contribution in [0.25, 0.3) is 0 Å². The van der Waals surface area contributed by atoms with Gasteiger partial charge >= 0.3 is 0 Å². The molecule has 0 N–H and O–H groups in total. The number of fused-ring (bicyclic) bond motifs is 1. The van der Waals surface area contributed by atoms with Crippen LogP contribution < -0.4 is 4.74 Å². The fraction of sp³-hybridized carbons (Fsp3) is 0.538. The molecule has 15 heavy (non-hydrogen) atoms. The first-order valence-corrected chi connectivity index (χ1v) is 6.70. The maximum atomic E-state index is 5.43. The zero-order chi connectivity index (χ0) is 10.7. The lowest BCUT2D eigenvalue weighted by molar-refractivity contribution is 0.402. The minimum Gasteiger partial charge on any atom is -0.496 e. The molecule has 1 aromatic carbocycles. The summed E-state index contributed by atoms with van der Waals surface area (Å²) in [7, 11) is 1.77. The number of rotatable bonds is 3. The largest absolute Gasteiger partial charge is 0.496 e. The monoisotopic (exact) mass is 268 g/mol. The second kappa shape index (κ2) is 5.02. The van der Waals surface area contributed by atoms with Crippen molar-refractivity contribution in [1.29, 1.82) is 0 Å². The highest BCUT2D eigenvalue weighted by atomic mass is 79.9. The van der Waals surface area contributed by atoms with Gasteiger partial charge in [-0.1, -0.05) is 28.1 Å². The van der Waals surface area contributed by atoms with Crippen LogP contribution in [0.5, 0.6) is 5.75 Å². The van der Waals surface area contributed by atoms with Crippen molar-refractivity contribution in [2.75, 3.05) is 12.4 Å². The molecule has 82 valence electrons. The first kappa shape index (κ1) is 11.0. The van der Waals surface area contributed by atoms with Crippen LogP contribution >= 0.6 is 15.9 Å². The van der Waals surface area contributed by atoms with E-state index in [1.54, 1.807) is 7.11 Å². The molecule has 1 aliphatic carbocycles. The number of methoxy groups -OCH3 is 1. The lowest BCUT2D eigenvalue weighted by Crippen LogP contribution is -2.11. The number of benzene rings is 1. The summed E-state index contributed by atoms with van der Waals surface area (Å²) in [6, 6.07) is 6.46. The van der Waals surface area contributed by atoms with Gasteiger partial charge in [-0.15, -0.1) is 0 Å². The lowest BCUT2D eigenvalue weighted by atomic mass is 9.81. The molecule has 1 atom stereocenters. The molecule has 1 aromatic rings. The predicted octanol–water partition coefficient (Wildman–Crippen LogP) is 3.90. The van der Waals surface area contributed by atoms with Crippen molar-refractivity contribution in [1.82, 2.24) is 0 Å². The summed E-state index contributed by atoms with van der Waals surface area (Å²) in [5.74, 6) is 1.80. The van der Waals surface area contributed by atoms with Crippen molar-refractivity contribution in [3.8, 4) is 5.75 Å². The molecule has 0 aliphatic heterocycles. The molecule has 0 saturated carbocycles. The van der Waals surface area contributed by atoms with Crippen LogP contribution in [0.4, 0.5) is 0 Å². The fourth-order valence-corrected chi connectivity index (χ4v) is 3.09. The Bertz CT molecular complexity index is 335. The Labute approximate surface area is 100.0 Å². The Morgan fingerprint density at radius 3 is 3.07 bits per heavy atom. The van der Waals surface area contributed by atoms with Gasteiger partial charge in [-0.25, -0.2) is 0 Å². The normalized spacial score (nSPS) is 19.7. The molecule has 0 heterocycles. The third kappa shape index (κ3) is 2.20. The molecule has 1 nitrogen and oxygen atoms in total. The zero-order valence-corrected chi connectivity index (χ0v) is 10.7. The molecule has 1 unspecified atom stereocenters. The van der Waals surface area contributed by atoms with Gasteiger partial charge in [0, 0.05) is 5.33 Å². The van der Waals surface area contributed by atoms with E-state index in [0.717, 1.165) is 17.0 Å². The summed E-state index contributed by atoms with van der Waals surface area (Å²) >= 11 is 3.54. The number of ether oxygens (including phenoxy) is 1. The summed E-state index contributed by atoms with van der Waals surface area (Å²) < 4.78 is 5.43. The number of alkyl halides is 1. The third-order valence-electron chi connectivity index (χ3n) is 3.27.